The average molecular weight is 430 g/mol. The number of carbonyl (C=O) groups excluding carboxylic acids is 2. The first-order chi connectivity index (χ1) is 14.0. The summed E-state index contributed by atoms with van der Waals surface area (Å²) in [7, 11) is 0. The number of hydrogen-bond acceptors (Lipinski definition) is 5. The molecule has 1 aromatic carbocycles. The molecule has 5 nitrogen and oxygen atoms in total. The van der Waals surface area contributed by atoms with Gasteiger partial charge in [-0.15, -0.1) is 22.7 Å². The van der Waals surface area contributed by atoms with E-state index in [1.165, 1.54) is 23.5 Å². The Balaban J connectivity index is 1.47. The van der Waals surface area contributed by atoms with E-state index in [9.17, 15) is 14.0 Å². The van der Waals surface area contributed by atoms with E-state index in [-0.39, 0.29) is 17.4 Å². The van der Waals surface area contributed by atoms with Gasteiger partial charge in [-0.3, -0.25) is 9.59 Å². The zero-order valence-electron chi connectivity index (χ0n) is 15.9. The van der Waals surface area contributed by atoms with Gasteiger partial charge in [0.2, 0.25) is 0 Å². The fourth-order valence-electron chi connectivity index (χ4n) is 3.37. The summed E-state index contributed by atoms with van der Waals surface area (Å²) < 4.78 is 14.0. The van der Waals surface area contributed by atoms with Crippen LogP contribution in [-0.4, -0.2) is 52.8 Å². The van der Waals surface area contributed by atoms with Gasteiger partial charge < -0.3 is 9.80 Å². The molecular formula is C21H20FN3O2S2. The predicted octanol–water partition coefficient (Wildman–Crippen LogP) is 4.31. The van der Waals surface area contributed by atoms with Gasteiger partial charge in [0.05, 0.1) is 16.1 Å². The Morgan fingerprint density at radius 1 is 1.00 bits per heavy atom. The monoisotopic (exact) mass is 429 g/mol. The summed E-state index contributed by atoms with van der Waals surface area (Å²) in [5.74, 6) is -0.898. The Morgan fingerprint density at radius 2 is 1.72 bits per heavy atom. The number of carbonyl (C=O) groups is 2. The molecule has 1 aliphatic heterocycles. The number of halogens is 1. The lowest BCUT2D eigenvalue weighted by atomic mass is 10.2. The summed E-state index contributed by atoms with van der Waals surface area (Å²) >= 11 is 3.01. The maximum absolute atomic E-state index is 14.0. The van der Waals surface area contributed by atoms with Gasteiger partial charge in [-0.2, -0.15) is 0 Å². The topological polar surface area (TPSA) is 53.5 Å². The first kappa shape index (κ1) is 19.7. The maximum atomic E-state index is 14.0. The zero-order valence-corrected chi connectivity index (χ0v) is 17.6. The smallest absolute Gasteiger partial charge is 0.265 e. The van der Waals surface area contributed by atoms with E-state index in [1.54, 1.807) is 33.3 Å². The van der Waals surface area contributed by atoms with Crippen molar-refractivity contribution in [3.63, 3.8) is 0 Å². The van der Waals surface area contributed by atoms with Crippen LogP contribution in [0.4, 0.5) is 4.39 Å². The van der Waals surface area contributed by atoms with Gasteiger partial charge in [-0.25, -0.2) is 9.37 Å². The third kappa shape index (κ3) is 4.09. The van der Waals surface area contributed by atoms with Crippen molar-refractivity contribution in [3.05, 3.63) is 63.7 Å². The normalized spacial score (nSPS) is 14.7. The van der Waals surface area contributed by atoms with Crippen LogP contribution in [0, 0.1) is 12.7 Å². The zero-order chi connectivity index (χ0) is 20.4. The van der Waals surface area contributed by atoms with Crippen molar-refractivity contribution in [2.24, 2.45) is 0 Å². The Labute approximate surface area is 176 Å². The van der Waals surface area contributed by atoms with Crippen LogP contribution in [0.2, 0.25) is 0 Å². The van der Waals surface area contributed by atoms with E-state index >= 15 is 0 Å². The lowest BCUT2D eigenvalue weighted by Gasteiger charge is -2.22. The molecule has 8 heteroatoms. The molecule has 1 fully saturated rings. The van der Waals surface area contributed by atoms with Crippen LogP contribution in [0.15, 0.2) is 41.8 Å². The number of amides is 2. The minimum Gasteiger partial charge on any atom is -0.337 e. The van der Waals surface area contributed by atoms with Crippen LogP contribution < -0.4 is 0 Å². The molecule has 2 amide bonds. The van der Waals surface area contributed by atoms with Crippen LogP contribution in [0.3, 0.4) is 0 Å². The predicted molar refractivity (Wildman–Crippen MR) is 113 cm³/mol. The molecule has 0 spiro atoms. The summed E-state index contributed by atoms with van der Waals surface area (Å²) in [4.78, 5) is 35.4. The summed E-state index contributed by atoms with van der Waals surface area (Å²) in [5.41, 5.74) is 0.804. The van der Waals surface area contributed by atoms with Crippen molar-refractivity contribution < 1.29 is 14.0 Å². The van der Waals surface area contributed by atoms with Crippen LogP contribution in [0.1, 0.15) is 32.1 Å². The number of thiophene rings is 1. The molecule has 0 bridgehead atoms. The molecule has 0 atom stereocenters. The highest BCUT2D eigenvalue weighted by Gasteiger charge is 2.27. The molecule has 3 heterocycles. The Morgan fingerprint density at radius 3 is 2.41 bits per heavy atom. The van der Waals surface area contributed by atoms with Gasteiger partial charge in [0, 0.05) is 26.2 Å². The first-order valence-corrected chi connectivity index (χ1v) is 11.1. The quantitative estimate of drug-likeness (QED) is 0.624. The van der Waals surface area contributed by atoms with Crippen molar-refractivity contribution in [1.82, 2.24) is 14.8 Å². The van der Waals surface area contributed by atoms with Gasteiger partial charge in [0.15, 0.2) is 0 Å². The van der Waals surface area contributed by atoms with E-state index in [1.807, 2.05) is 24.4 Å². The molecule has 150 valence electrons. The highest BCUT2D eigenvalue weighted by Crippen LogP contribution is 2.31. The molecule has 0 radical (unpaired) electrons. The fourth-order valence-corrected chi connectivity index (χ4v) is 5.20. The molecular weight excluding hydrogens is 409 g/mol. The van der Waals surface area contributed by atoms with Crippen molar-refractivity contribution in [2.75, 3.05) is 26.2 Å². The second-order valence-electron chi connectivity index (χ2n) is 6.83. The maximum Gasteiger partial charge on any atom is 0.265 e. The molecule has 29 heavy (non-hydrogen) atoms. The molecule has 0 aliphatic carbocycles. The van der Waals surface area contributed by atoms with E-state index in [0.29, 0.717) is 37.5 Å². The fraction of sp³-hybridized carbons (Fsp3) is 0.286. The third-order valence-corrected chi connectivity index (χ3v) is 7.08. The number of aryl methyl sites for hydroxylation is 1. The number of hydrogen-bond donors (Lipinski definition) is 0. The minimum atomic E-state index is -0.518. The van der Waals surface area contributed by atoms with Crippen LogP contribution in [0.25, 0.3) is 9.88 Å². The standard InChI is InChI=1S/C21H20FN3O2S2/c1-14-18(29-19(23-14)17-8-4-13-28-17)21(27)25-10-5-9-24(11-12-25)20(26)15-6-2-3-7-16(15)22/h2-4,6-8,13H,5,9-12H2,1H3. The van der Waals surface area contributed by atoms with Gasteiger partial charge in [0.1, 0.15) is 15.7 Å². The molecule has 0 saturated carbocycles. The number of aromatic nitrogens is 1. The second-order valence-corrected chi connectivity index (χ2v) is 8.78. The molecule has 3 aromatic rings. The summed E-state index contributed by atoms with van der Waals surface area (Å²) in [6, 6.07) is 9.97. The molecule has 0 N–H and O–H groups in total. The lowest BCUT2D eigenvalue weighted by molar-refractivity contribution is 0.0718. The van der Waals surface area contributed by atoms with Crippen molar-refractivity contribution in [1.29, 1.82) is 0 Å². The van der Waals surface area contributed by atoms with Gasteiger partial charge >= 0.3 is 0 Å². The Kier molecular flexibility index (Phi) is 5.73. The average Bonchev–Trinajstić information content (AvgIpc) is 3.31. The Bertz CT molecular complexity index is 1030. The Hall–Kier alpha value is -2.58. The van der Waals surface area contributed by atoms with Crippen molar-refractivity contribution in [3.8, 4) is 9.88 Å². The van der Waals surface area contributed by atoms with E-state index in [2.05, 4.69) is 4.98 Å². The van der Waals surface area contributed by atoms with E-state index in [0.717, 1.165) is 15.6 Å². The van der Waals surface area contributed by atoms with Gasteiger partial charge in [-0.1, -0.05) is 18.2 Å². The van der Waals surface area contributed by atoms with Gasteiger partial charge in [0.25, 0.3) is 11.8 Å². The van der Waals surface area contributed by atoms with Gasteiger partial charge in [-0.05, 0) is 36.9 Å². The lowest BCUT2D eigenvalue weighted by Crippen LogP contribution is -2.37. The summed E-state index contributed by atoms with van der Waals surface area (Å²) in [5, 5.41) is 2.84. The third-order valence-electron chi connectivity index (χ3n) is 4.90. The van der Waals surface area contributed by atoms with Crippen molar-refractivity contribution >= 4 is 34.5 Å². The SMILES string of the molecule is Cc1nc(-c2cccs2)sc1C(=O)N1CCCN(C(=O)c2ccccc2F)CC1. The largest absolute Gasteiger partial charge is 0.337 e. The number of thiazole rings is 1. The summed E-state index contributed by atoms with van der Waals surface area (Å²) in [6.45, 7) is 3.72. The highest BCUT2D eigenvalue weighted by molar-refractivity contribution is 7.22. The molecule has 0 unspecified atom stereocenters. The minimum absolute atomic E-state index is 0.0528. The summed E-state index contributed by atoms with van der Waals surface area (Å²) in [6.07, 6.45) is 0.654. The molecule has 2 aromatic heterocycles. The number of rotatable bonds is 3. The van der Waals surface area contributed by atoms with Crippen molar-refractivity contribution in [2.45, 2.75) is 13.3 Å². The first-order valence-electron chi connectivity index (χ1n) is 9.39. The van der Waals surface area contributed by atoms with Crippen LogP contribution in [-0.2, 0) is 0 Å². The second kappa shape index (κ2) is 8.42. The van der Waals surface area contributed by atoms with E-state index in [4.69, 9.17) is 0 Å². The number of benzene rings is 1. The number of nitrogens with zero attached hydrogens (tertiary/aromatic N) is 3. The molecule has 1 saturated heterocycles. The highest BCUT2D eigenvalue weighted by atomic mass is 32.1. The van der Waals surface area contributed by atoms with Crippen LogP contribution >= 0.6 is 22.7 Å². The molecule has 4 rings (SSSR count). The molecule has 1 aliphatic rings. The van der Waals surface area contributed by atoms with Crippen LogP contribution in [0.5, 0.6) is 0 Å². The van der Waals surface area contributed by atoms with E-state index < -0.39 is 5.82 Å².